The van der Waals surface area contributed by atoms with Gasteiger partial charge in [-0.15, -0.1) is 0 Å². The largest absolute Gasteiger partial charge is 0.491 e. The number of alkyl halides is 3. The number of piperidine rings is 1. The summed E-state index contributed by atoms with van der Waals surface area (Å²) in [4.78, 5) is 19.4. The lowest BCUT2D eigenvalue weighted by atomic mass is 9.90. The smallest absolute Gasteiger partial charge is 0.401 e. The summed E-state index contributed by atoms with van der Waals surface area (Å²) in [6.07, 6.45) is -0.0531. The molecular weight excluding hydrogens is 623 g/mol. The number of para-hydroxylation sites is 1. The highest BCUT2D eigenvalue weighted by Crippen LogP contribution is 2.36. The van der Waals surface area contributed by atoms with Gasteiger partial charge in [-0.05, 0) is 50.9 Å². The molecule has 2 N–H and O–H groups in total. The first-order valence-electron chi connectivity index (χ1n) is 15.0. The zero-order valence-electron chi connectivity index (χ0n) is 25.3. The van der Waals surface area contributed by atoms with Gasteiger partial charge < -0.3 is 15.2 Å². The van der Waals surface area contributed by atoms with E-state index in [4.69, 9.17) is 14.8 Å². The zero-order valence-corrected chi connectivity index (χ0v) is 25.3. The lowest BCUT2D eigenvalue weighted by Crippen LogP contribution is -2.39. The van der Waals surface area contributed by atoms with Crippen molar-refractivity contribution in [2.75, 3.05) is 38.2 Å². The first-order valence-corrected chi connectivity index (χ1v) is 15.0. The number of aliphatic hydroxyl groups is 1. The molecule has 6 rings (SSSR count). The molecule has 15 heteroatoms. The summed E-state index contributed by atoms with van der Waals surface area (Å²) in [7, 11) is 0. The number of nitrogens with one attached hydrogen (secondary N) is 1. The third kappa shape index (κ3) is 7.46. The molecule has 10 nitrogen and oxygen atoms in total. The molecule has 0 bridgehead atoms. The molecule has 0 saturated carbocycles. The van der Waals surface area contributed by atoms with E-state index >= 15 is 8.78 Å². The van der Waals surface area contributed by atoms with Gasteiger partial charge >= 0.3 is 6.18 Å². The Morgan fingerprint density at radius 2 is 1.77 bits per heavy atom. The third-order valence-corrected chi connectivity index (χ3v) is 7.92. The van der Waals surface area contributed by atoms with Crippen LogP contribution in [0.5, 0.6) is 5.75 Å². The number of likely N-dealkylation sites (tertiary alicyclic amines) is 1. The van der Waals surface area contributed by atoms with E-state index in [1.807, 2.05) is 0 Å². The number of ether oxygens (including phenoxy) is 1. The Hall–Kier alpha value is -4.76. The quantitative estimate of drug-likeness (QED) is 0.181. The monoisotopic (exact) mass is 654 g/mol. The van der Waals surface area contributed by atoms with Crippen molar-refractivity contribution in [1.82, 2.24) is 34.6 Å². The molecule has 1 saturated heterocycles. The van der Waals surface area contributed by atoms with Crippen molar-refractivity contribution in [1.29, 1.82) is 0 Å². The molecule has 5 aromatic rings. The highest BCUT2D eigenvalue weighted by Gasteiger charge is 2.33. The summed E-state index contributed by atoms with van der Waals surface area (Å²) in [6, 6.07) is 11.0. The van der Waals surface area contributed by atoms with E-state index in [9.17, 15) is 13.2 Å². The van der Waals surface area contributed by atoms with Crippen LogP contribution < -0.4 is 10.1 Å². The van der Waals surface area contributed by atoms with Crippen LogP contribution >= 0.6 is 0 Å². The van der Waals surface area contributed by atoms with Gasteiger partial charge in [0.05, 0.1) is 25.2 Å². The van der Waals surface area contributed by atoms with Crippen LogP contribution in [0, 0.1) is 18.6 Å². The van der Waals surface area contributed by atoms with E-state index in [0.717, 1.165) is 17.7 Å². The number of fused-ring (bicyclic) bond motifs is 1. The maximum absolute atomic E-state index is 15.0. The van der Waals surface area contributed by atoms with Gasteiger partial charge in [-0.1, -0.05) is 18.2 Å². The average molecular weight is 655 g/mol. The van der Waals surface area contributed by atoms with Crippen LogP contribution in [0.2, 0.25) is 0 Å². The van der Waals surface area contributed by atoms with E-state index in [0.29, 0.717) is 46.9 Å². The molecule has 246 valence electrons. The predicted octanol–water partition coefficient (Wildman–Crippen LogP) is 5.77. The molecule has 0 radical (unpaired) electrons. The van der Waals surface area contributed by atoms with E-state index in [1.54, 1.807) is 49.6 Å². The Labute approximate surface area is 266 Å². The molecule has 0 spiro atoms. The Bertz CT molecular complexity index is 1850. The maximum Gasteiger partial charge on any atom is 0.401 e. The summed E-state index contributed by atoms with van der Waals surface area (Å²) >= 11 is 0. The van der Waals surface area contributed by atoms with Crippen molar-refractivity contribution >= 4 is 22.5 Å². The molecule has 0 unspecified atom stereocenters. The van der Waals surface area contributed by atoms with Crippen LogP contribution in [0.1, 0.15) is 35.7 Å². The second kappa shape index (κ2) is 13.5. The van der Waals surface area contributed by atoms with E-state index in [2.05, 4.69) is 25.4 Å². The van der Waals surface area contributed by atoms with Gasteiger partial charge in [0, 0.05) is 41.0 Å². The van der Waals surface area contributed by atoms with Crippen LogP contribution in [-0.2, 0) is 6.54 Å². The van der Waals surface area contributed by atoms with Gasteiger partial charge in [0.2, 0.25) is 0 Å². The van der Waals surface area contributed by atoms with Crippen molar-refractivity contribution in [3.8, 4) is 17.3 Å². The fourth-order valence-corrected chi connectivity index (χ4v) is 5.75. The van der Waals surface area contributed by atoms with Crippen molar-refractivity contribution < 1.29 is 31.8 Å². The van der Waals surface area contributed by atoms with Crippen molar-refractivity contribution in [3.63, 3.8) is 0 Å². The Morgan fingerprint density at radius 1 is 1.02 bits per heavy atom. The minimum Gasteiger partial charge on any atom is -0.491 e. The topological polar surface area (TPSA) is 114 Å². The van der Waals surface area contributed by atoms with E-state index in [1.165, 1.54) is 9.58 Å². The number of aliphatic hydroxyl groups excluding tert-OH is 1. The third-order valence-electron chi connectivity index (χ3n) is 7.92. The van der Waals surface area contributed by atoms with Gasteiger partial charge in [0.1, 0.15) is 47.1 Å². The Kier molecular flexibility index (Phi) is 9.27. The van der Waals surface area contributed by atoms with Crippen LogP contribution in [0.25, 0.3) is 22.4 Å². The first-order chi connectivity index (χ1) is 22.6. The van der Waals surface area contributed by atoms with Crippen molar-refractivity contribution in [2.24, 2.45) is 0 Å². The Morgan fingerprint density at radius 3 is 2.47 bits per heavy atom. The molecule has 1 aliphatic heterocycles. The fourth-order valence-electron chi connectivity index (χ4n) is 5.75. The molecule has 4 heterocycles. The minimum absolute atomic E-state index is 0.0396. The molecule has 0 amide bonds. The molecule has 1 fully saturated rings. The van der Waals surface area contributed by atoms with Crippen molar-refractivity contribution in [3.05, 3.63) is 83.4 Å². The molecule has 2 aromatic carbocycles. The molecule has 1 aliphatic rings. The molecular formula is C32H31F5N8O2. The Balaban J connectivity index is 1.35. The number of aromatic nitrogens is 6. The lowest BCUT2D eigenvalue weighted by Gasteiger charge is -2.33. The molecule has 0 atom stereocenters. The highest BCUT2D eigenvalue weighted by atomic mass is 19.4. The van der Waals surface area contributed by atoms with Gasteiger partial charge in [0.15, 0.2) is 5.82 Å². The van der Waals surface area contributed by atoms with Crippen LogP contribution in [0.15, 0.2) is 54.9 Å². The van der Waals surface area contributed by atoms with Gasteiger partial charge in [-0.25, -0.2) is 28.7 Å². The SMILES string of the molecule is Cc1nccc(Nc2nc(-c3nn(Cc4c(F)cc(OCCO)cc4F)c4ccccc34)ncc2C2CCN(CC(F)(F)F)CC2)n1. The van der Waals surface area contributed by atoms with Gasteiger partial charge in [-0.3, -0.25) is 9.58 Å². The number of rotatable bonds is 10. The second-order valence-electron chi connectivity index (χ2n) is 11.2. The number of hydrogen-bond donors (Lipinski definition) is 2. The zero-order chi connectivity index (χ0) is 33.1. The number of nitrogens with zero attached hydrogens (tertiary/aromatic N) is 7. The summed E-state index contributed by atoms with van der Waals surface area (Å²) in [5, 5.41) is 17.5. The average Bonchev–Trinajstić information content (AvgIpc) is 3.40. The minimum atomic E-state index is -4.27. The van der Waals surface area contributed by atoms with Crippen molar-refractivity contribution in [2.45, 2.75) is 38.4 Å². The van der Waals surface area contributed by atoms with Crippen LogP contribution in [0.3, 0.4) is 0 Å². The summed E-state index contributed by atoms with van der Waals surface area (Å²) in [5.74, 6) is -0.128. The van der Waals surface area contributed by atoms with Gasteiger partial charge in [0.25, 0.3) is 0 Å². The lowest BCUT2D eigenvalue weighted by molar-refractivity contribution is -0.147. The first kappa shape index (κ1) is 32.2. The molecule has 3 aromatic heterocycles. The number of anilines is 2. The summed E-state index contributed by atoms with van der Waals surface area (Å²) < 4.78 is 75.7. The highest BCUT2D eigenvalue weighted by molar-refractivity contribution is 5.92. The summed E-state index contributed by atoms with van der Waals surface area (Å²) in [6.45, 7) is 0.698. The van der Waals surface area contributed by atoms with Crippen LogP contribution in [0.4, 0.5) is 33.6 Å². The number of benzene rings is 2. The summed E-state index contributed by atoms with van der Waals surface area (Å²) in [5.41, 5.74) is 1.47. The molecule has 0 aliphatic carbocycles. The number of aryl methyl sites for hydroxylation is 1. The number of hydrogen-bond acceptors (Lipinski definition) is 9. The second-order valence-corrected chi connectivity index (χ2v) is 11.2. The maximum atomic E-state index is 15.0. The number of halogens is 5. The van der Waals surface area contributed by atoms with E-state index in [-0.39, 0.29) is 55.9 Å². The van der Waals surface area contributed by atoms with Gasteiger partial charge in [-0.2, -0.15) is 18.3 Å². The van der Waals surface area contributed by atoms with E-state index < -0.39 is 24.4 Å². The van der Waals surface area contributed by atoms with Crippen LogP contribution in [-0.4, -0.2) is 78.7 Å². The standard InChI is InChI=1S/C32H31F5N8O2/c1-19-38-9-6-28(40-19)41-30-23(20-7-10-44(11-8-20)18-32(35,36)37)16-39-31(42-30)29-22-4-2-3-5-27(22)45(43-29)17-24-25(33)14-21(15-26(24)34)47-13-12-46/h2-6,9,14-16,20,46H,7-8,10-13,17-18H2,1H3,(H,38,39,40,41,42). The molecule has 47 heavy (non-hydrogen) atoms. The normalized spacial score (nSPS) is 14.5. The predicted molar refractivity (Wildman–Crippen MR) is 163 cm³/mol. The fraction of sp³-hybridized carbons (Fsp3) is 0.344.